The maximum atomic E-state index is 12.6. The van der Waals surface area contributed by atoms with E-state index in [9.17, 15) is 13.2 Å². The molecule has 6 nitrogen and oxygen atoms in total. The minimum atomic E-state index is -3.94. The van der Waals surface area contributed by atoms with Crippen LogP contribution in [-0.2, 0) is 10.0 Å². The minimum absolute atomic E-state index is 0.0598. The number of carbonyl (C=O) groups excluding carboxylic acids is 1. The van der Waals surface area contributed by atoms with Crippen molar-refractivity contribution in [1.29, 1.82) is 0 Å². The van der Waals surface area contributed by atoms with Crippen molar-refractivity contribution in [1.82, 2.24) is 4.90 Å². The van der Waals surface area contributed by atoms with Gasteiger partial charge in [-0.05, 0) is 12.8 Å². The lowest BCUT2D eigenvalue weighted by Gasteiger charge is -2.56. The number of rotatable bonds is 3. The molecular weight excluding hydrogens is 292 g/mol. The summed E-state index contributed by atoms with van der Waals surface area (Å²) in [4.78, 5) is 14.4. The van der Waals surface area contributed by atoms with Gasteiger partial charge in [0.05, 0.1) is 5.56 Å². The third-order valence-electron chi connectivity index (χ3n) is 4.01. The summed E-state index contributed by atoms with van der Waals surface area (Å²) >= 11 is 0. The van der Waals surface area contributed by atoms with Crippen molar-refractivity contribution in [2.24, 2.45) is 16.5 Å². The number of hydrogen-bond acceptors (Lipinski definition) is 4. The minimum Gasteiger partial charge on any atom is -0.448 e. The first-order valence-corrected chi connectivity index (χ1v) is 8.44. The molecule has 118 valence electrons. The van der Waals surface area contributed by atoms with E-state index in [0.29, 0.717) is 12.5 Å². The molecule has 0 spiro atoms. The highest BCUT2D eigenvalue weighted by Crippen LogP contribution is 2.42. The molecular formula is C14H22N2O4S. The fourth-order valence-electron chi connectivity index (χ4n) is 3.36. The maximum absolute atomic E-state index is 12.6. The second-order valence-corrected chi connectivity index (χ2v) is 8.18. The molecule has 1 aliphatic heterocycles. The quantitative estimate of drug-likeness (QED) is 0.919. The normalized spacial score (nSPS) is 21.5. The number of carbonyl (C=O) groups is 1. The molecule has 1 fully saturated rings. The molecule has 7 heteroatoms. The van der Waals surface area contributed by atoms with E-state index in [0.717, 1.165) is 0 Å². The van der Waals surface area contributed by atoms with E-state index < -0.39 is 10.0 Å². The number of hydrogen-bond donors (Lipinski definition) is 1. The van der Waals surface area contributed by atoms with Crippen LogP contribution in [-0.4, -0.2) is 31.8 Å². The first-order chi connectivity index (χ1) is 9.45. The SMILES string of the molecule is Cc1oc(S(N)(=O)=O)cc1C(=O)N1CC(C)(C)C1C(C)C. The Kier molecular flexibility index (Phi) is 3.70. The van der Waals surface area contributed by atoms with Gasteiger partial charge in [-0.15, -0.1) is 0 Å². The van der Waals surface area contributed by atoms with Gasteiger partial charge in [-0.2, -0.15) is 0 Å². The number of furan rings is 1. The van der Waals surface area contributed by atoms with E-state index in [1.165, 1.54) is 6.07 Å². The lowest BCUT2D eigenvalue weighted by molar-refractivity contribution is -0.0520. The van der Waals surface area contributed by atoms with Gasteiger partial charge in [-0.25, -0.2) is 13.6 Å². The second kappa shape index (κ2) is 4.84. The molecule has 2 N–H and O–H groups in total. The number of nitrogens with two attached hydrogens (primary N) is 1. The predicted octanol–water partition coefficient (Wildman–Crippen LogP) is 1.74. The summed E-state index contributed by atoms with van der Waals surface area (Å²) in [5, 5.41) is 4.66. The Morgan fingerprint density at radius 3 is 2.43 bits per heavy atom. The predicted molar refractivity (Wildman–Crippen MR) is 78.3 cm³/mol. The van der Waals surface area contributed by atoms with Crippen LogP contribution in [0.1, 0.15) is 43.8 Å². The molecule has 2 heterocycles. The van der Waals surface area contributed by atoms with Crippen LogP contribution < -0.4 is 5.14 Å². The van der Waals surface area contributed by atoms with Crippen molar-refractivity contribution in [3.63, 3.8) is 0 Å². The topological polar surface area (TPSA) is 93.6 Å². The molecule has 0 saturated carbocycles. The van der Waals surface area contributed by atoms with Crippen LogP contribution in [0.4, 0.5) is 0 Å². The number of amides is 1. The van der Waals surface area contributed by atoms with Gasteiger partial charge in [0.1, 0.15) is 5.76 Å². The molecule has 1 amide bonds. The maximum Gasteiger partial charge on any atom is 0.271 e. The van der Waals surface area contributed by atoms with E-state index in [2.05, 4.69) is 27.7 Å². The Bertz CT molecular complexity index is 673. The summed E-state index contributed by atoms with van der Waals surface area (Å²) in [7, 11) is -3.94. The van der Waals surface area contributed by atoms with E-state index in [4.69, 9.17) is 9.56 Å². The molecule has 0 aliphatic carbocycles. The van der Waals surface area contributed by atoms with E-state index >= 15 is 0 Å². The average Bonchev–Trinajstić information content (AvgIpc) is 2.66. The Hall–Kier alpha value is -1.34. The molecule has 1 aliphatic rings. The third kappa shape index (κ3) is 2.72. The summed E-state index contributed by atoms with van der Waals surface area (Å²) < 4.78 is 27.7. The zero-order chi connectivity index (χ0) is 16.2. The molecule has 0 radical (unpaired) electrons. The highest BCUT2D eigenvalue weighted by molar-refractivity contribution is 7.89. The summed E-state index contributed by atoms with van der Waals surface area (Å²) in [6.45, 7) is 10.6. The van der Waals surface area contributed by atoms with E-state index in [-0.39, 0.29) is 33.8 Å². The molecule has 1 unspecified atom stereocenters. The van der Waals surface area contributed by atoms with Gasteiger partial charge in [0, 0.05) is 24.1 Å². The molecule has 1 saturated heterocycles. The molecule has 0 bridgehead atoms. The summed E-state index contributed by atoms with van der Waals surface area (Å²) in [6.07, 6.45) is 0. The molecule has 2 rings (SSSR count). The number of sulfonamides is 1. The molecule has 1 aromatic rings. The largest absolute Gasteiger partial charge is 0.448 e. The van der Waals surface area contributed by atoms with Crippen molar-refractivity contribution >= 4 is 15.9 Å². The standard InChI is InChI=1S/C14H22N2O4S/c1-8(2)12-14(4,5)7-16(12)13(17)10-6-11(20-9(10)3)21(15,18)19/h6,8,12H,7H2,1-5H3,(H2,15,18,19). The van der Waals surface area contributed by atoms with Gasteiger partial charge in [-0.1, -0.05) is 27.7 Å². The van der Waals surface area contributed by atoms with Gasteiger partial charge in [0.25, 0.3) is 15.9 Å². The third-order valence-corrected chi connectivity index (χ3v) is 4.77. The Labute approximate surface area is 125 Å². The van der Waals surface area contributed by atoms with Crippen LogP contribution in [0.5, 0.6) is 0 Å². The molecule has 1 atom stereocenters. The summed E-state index contributed by atoms with van der Waals surface area (Å²) in [5.41, 5.74) is 0.324. The van der Waals surface area contributed by atoms with Crippen molar-refractivity contribution in [2.75, 3.05) is 6.54 Å². The highest BCUT2D eigenvalue weighted by atomic mass is 32.2. The smallest absolute Gasteiger partial charge is 0.271 e. The van der Waals surface area contributed by atoms with Crippen molar-refractivity contribution in [3.05, 3.63) is 17.4 Å². The van der Waals surface area contributed by atoms with Gasteiger partial charge in [-0.3, -0.25) is 4.79 Å². The molecule has 0 aromatic carbocycles. The number of nitrogens with zero attached hydrogens (tertiary/aromatic N) is 1. The van der Waals surface area contributed by atoms with Crippen molar-refractivity contribution < 1.29 is 17.6 Å². The monoisotopic (exact) mass is 314 g/mol. The average molecular weight is 314 g/mol. The number of likely N-dealkylation sites (tertiary alicyclic amines) is 1. The fourth-order valence-corrected chi connectivity index (χ4v) is 3.89. The molecule has 1 aromatic heterocycles. The number of primary sulfonamides is 1. The Morgan fingerprint density at radius 2 is 2.05 bits per heavy atom. The van der Waals surface area contributed by atoms with Crippen LogP contribution in [0.2, 0.25) is 0 Å². The first-order valence-electron chi connectivity index (χ1n) is 6.89. The van der Waals surface area contributed by atoms with Crippen LogP contribution in [0, 0.1) is 18.3 Å². The van der Waals surface area contributed by atoms with Crippen molar-refractivity contribution in [2.45, 2.75) is 45.8 Å². The van der Waals surface area contributed by atoms with Crippen LogP contribution >= 0.6 is 0 Å². The Morgan fingerprint density at radius 1 is 1.48 bits per heavy atom. The number of aryl methyl sites for hydroxylation is 1. The van der Waals surface area contributed by atoms with E-state index in [1.54, 1.807) is 11.8 Å². The zero-order valence-corrected chi connectivity index (χ0v) is 13.8. The van der Waals surface area contributed by atoms with Gasteiger partial charge < -0.3 is 9.32 Å². The lowest BCUT2D eigenvalue weighted by atomic mass is 9.69. The van der Waals surface area contributed by atoms with Crippen molar-refractivity contribution in [3.8, 4) is 0 Å². The van der Waals surface area contributed by atoms with Gasteiger partial charge >= 0.3 is 0 Å². The summed E-state index contributed by atoms with van der Waals surface area (Å²) in [6, 6.07) is 1.34. The summed E-state index contributed by atoms with van der Waals surface area (Å²) in [5.74, 6) is 0.392. The first kappa shape index (κ1) is 16.0. The van der Waals surface area contributed by atoms with Gasteiger partial charge in [0.15, 0.2) is 0 Å². The second-order valence-electron chi connectivity index (χ2n) is 6.69. The van der Waals surface area contributed by atoms with Crippen LogP contribution in [0.25, 0.3) is 0 Å². The fraction of sp³-hybridized carbons (Fsp3) is 0.643. The zero-order valence-electron chi connectivity index (χ0n) is 13.0. The van der Waals surface area contributed by atoms with Gasteiger partial charge in [0.2, 0.25) is 5.09 Å². The lowest BCUT2D eigenvalue weighted by Crippen LogP contribution is -2.65. The Balaban J connectivity index is 2.32. The van der Waals surface area contributed by atoms with Crippen LogP contribution in [0.15, 0.2) is 15.6 Å². The highest BCUT2D eigenvalue weighted by Gasteiger charge is 2.49. The molecule has 21 heavy (non-hydrogen) atoms. The van der Waals surface area contributed by atoms with Crippen LogP contribution in [0.3, 0.4) is 0 Å². The van der Waals surface area contributed by atoms with E-state index in [1.807, 2.05) is 0 Å².